The fourth-order valence-electron chi connectivity index (χ4n) is 1.71. The molecule has 0 bridgehead atoms. The molecule has 0 aliphatic rings. The zero-order chi connectivity index (χ0) is 14.8. The highest BCUT2D eigenvalue weighted by molar-refractivity contribution is 6.31. The molecule has 1 rings (SSSR count). The fourth-order valence-corrected chi connectivity index (χ4v) is 1.89. The monoisotopic (exact) mass is 293 g/mol. The van der Waals surface area contributed by atoms with E-state index in [1.807, 2.05) is 0 Å². The minimum atomic E-state index is -4.34. The molecular formula is C12H15ClF3N3. The number of benzene rings is 1. The van der Waals surface area contributed by atoms with E-state index in [0.717, 1.165) is 4.90 Å². The number of hydrogen-bond donors (Lipinski definition) is 2. The maximum absolute atomic E-state index is 12.6. The highest BCUT2D eigenvalue weighted by Gasteiger charge is 2.33. The molecule has 0 saturated carbocycles. The van der Waals surface area contributed by atoms with Crippen LogP contribution in [0, 0.1) is 5.41 Å². The van der Waals surface area contributed by atoms with Crippen LogP contribution in [0.5, 0.6) is 0 Å². The molecule has 7 heteroatoms. The lowest BCUT2D eigenvalue weighted by Crippen LogP contribution is -2.40. The SMILES string of the molecule is CC(C)N(CC(F)(F)F)c1ccc(Cl)cc1C(=N)N. The first-order valence-corrected chi connectivity index (χ1v) is 5.97. The number of anilines is 1. The van der Waals surface area contributed by atoms with Crippen molar-refractivity contribution in [2.45, 2.75) is 26.1 Å². The average Bonchev–Trinajstić information content (AvgIpc) is 2.24. The molecule has 0 unspecified atom stereocenters. The molecule has 1 aromatic rings. The van der Waals surface area contributed by atoms with E-state index in [1.54, 1.807) is 13.8 Å². The maximum Gasteiger partial charge on any atom is 0.405 e. The topological polar surface area (TPSA) is 53.1 Å². The summed E-state index contributed by atoms with van der Waals surface area (Å²) in [6.07, 6.45) is -4.34. The van der Waals surface area contributed by atoms with Crippen LogP contribution in [-0.4, -0.2) is 24.6 Å². The Morgan fingerprint density at radius 3 is 2.42 bits per heavy atom. The van der Waals surface area contributed by atoms with E-state index in [9.17, 15) is 13.2 Å². The van der Waals surface area contributed by atoms with Crippen LogP contribution < -0.4 is 10.6 Å². The first-order valence-electron chi connectivity index (χ1n) is 5.59. The second kappa shape index (κ2) is 5.69. The predicted molar refractivity (Wildman–Crippen MR) is 71.0 cm³/mol. The zero-order valence-corrected chi connectivity index (χ0v) is 11.3. The molecular weight excluding hydrogens is 279 g/mol. The van der Waals surface area contributed by atoms with E-state index in [4.69, 9.17) is 22.7 Å². The number of nitrogen functional groups attached to an aromatic ring is 1. The van der Waals surface area contributed by atoms with Crippen LogP contribution in [0.2, 0.25) is 5.02 Å². The first kappa shape index (κ1) is 15.6. The molecule has 0 fully saturated rings. The van der Waals surface area contributed by atoms with E-state index in [-0.39, 0.29) is 23.1 Å². The van der Waals surface area contributed by atoms with E-state index >= 15 is 0 Å². The highest BCUT2D eigenvalue weighted by atomic mass is 35.5. The highest BCUT2D eigenvalue weighted by Crippen LogP contribution is 2.29. The zero-order valence-electron chi connectivity index (χ0n) is 10.6. The van der Waals surface area contributed by atoms with Gasteiger partial charge in [0.1, 0.15) is 12.4 Å². The van der Waals surface area contributed by atoms with Crippen LogP contribution >= 0.6 is 11.6 Å². The fraction of sp³-hybridized carbons (Fsp3) is 0.417. The second-order valence-electron chi connectivity index (χ2n) is 4.41. The number of nitrogens with one attached hydrogen (secondary N) is 1. The Balaban J connectivity index is 3.27. The molecule has 106 valence electrons. The van der Waals surface area contributed by atoms with Gasteiger partial charge in [0.05, 0.1) is 0 Å². The van der Waals surface area contributed by atoms with Crippen molar-refractivity contribution < 1.29 is 13.2 Å². The Labute approximate surface area is 114 Å². The number of nitrogens with zero attached hydrogens (tertiary/aromatic N) is 1. The third-order valence-corrected chi connectivity index (χ3v) is 2.77. The van der Waals surface area contributed by atoms with Crippen molar-refractivity contribution in [2.24, 2.45) is 5.73 Å². The van der Waals surface area contributed by atoms with E-state index < -0.39 is 12.7 Å². The Morgan fingerprint density at radius 1 is 1.42 bits per heavy atom. The van der Waals surface area contributed by atoms with Crippen LogP contribution in [0.3, 0.4) is 0 Å². The standard InChI is InChI=1S/C12H15ClF3N3/c1-7(2)19(6-12(14,15)16)10-4-3-8(13)5-9(10)11(17)18/h3-5,7H,6H2,1-2H3,(H3,17,18). The van der Waals surface area contributed by atoms with Crippen LogP contribution in [0.15, 0.2) is 18.2 Å². The van der Waals surface area contributed by atoms with Crippen LogP contribution in [-0.2, 0) is 0 Å². The number of alkyl halides is 3. The summed E-state index contributed by atoms with van der Waals surface area (Å²) in [5.41, 5.74) is 5.86. The van der Waals surface area contributed by atoms with Crippen molar-refractivity contribution in [1.29, 1.82) is 5.41 Å². The van der Waals surface area contributed by atoms with Crippen molar-refractivity contribution in [3.8, 4) is 0 Å². The molecule has 3 N–H and O–H groups in total. The minimum Gasteiger partial charge on any atom is -0.384 e. The molecule has 3 nitrogen and oxygen atoms in total. The Bertz CT molecular complexity index is 472. The van der Waals surface area contributed by atoms with Gasteiger partial charge >= 0.3 is 6.18 Å². The summed E-state index contributed by atoms with van der Waals surface area (Å²) in [5, 5.41) is 7.77. The third kappa shape index (κ3) is 4.31. The molecule has 0 spiro atoms. The van der Waals surface area contributed by atoms with Gasteiger partial charge in [0.15, 0.2) is 0 Å². The lowest BCUT2D eigenvalue weighted by atomic mass is 10.1. The van der Waals surface area contributed by atoms with Gasteiger partial charge in [-0.3, -0.25) is 5.41 Å². The van der Waals surface area contributed by atoms with E-state index in [0.29, 0.717) is 5.02 Å². The number of hydrogen-bond acceptors (Lipinski definition) is 2. The molecule has 0 saturated heterocycles. The van der Waals surface area contributed by atoms with Crippen molar-refractivity contribution in [2.75, 3.05) is 11.4 Å². The summed E-state index contributed by atoms with van der Waals surface area (Å²) in [4.78, 5) is 1.15. The van der Waals surface area contributed by atoms with E-state index in [2.05, 4.69) is 0 Å². The van der Waals surface area contributed by atoms with Crippen molar-refractivity contribution in [3.05, 3.63) is 28.8 Å². The first-order chi connectivity index (χ1) is 8.61. The molecule has 0 aliphatic carbocycles. The Morgan fingerprint density at radius 2 is 2.00 bits per heavy atom. The summed E-state index contributed by atoms with van der Waals surface area (Å²) in [5.74, 6) is -0.315. The Kier molecular flexibility index (Phi) is 4.68. The maximum atomic E-state index is 12.6. The molecule has 0 heterocycles. The summed E-state index contributed by atoms with van der Waals surface area (Å²) in [6.45, 7) is 2.18. The van der Waals surface area contributed by atoms with Gasteiger partial charge < -0.3 is 10.6 Å². The summed E-state index contributed by atoms with van der Waals surface area (Å²) in [6, 6.07) is 3.94. The predicted octanol–water partition coefficient (Wildman–Crippen LogP) is 3.40. The van der Waals surface area contributed by atoms with Gasteiger partial charge in [-0.25, -0.2) is 0 Å². The number of halogens is 4. The van der Waals surface area contributed by atoms with Crippen molar-refractivity contribution in [3.63, 3.8) is 0 Å². The third-order valence-electron chi connectivity index (χ3n) is 2.53. The molecule has 19 heavy (non-hydrogen) atoms. The van der Waals surface area contributed by atoms with Crippen molar-refractivity contribution >= 4 is 23.1 Å². The van der Waals surface area contributed by atoms with Gasteiger partial charge in [-0.05, 0) is 32.0 Å². The molecule has 0 aliphatic heterocycles. The van der Waals surface area contributed by atoms with E-state index in [1.165, 1.54) is 18.2 Å². The molecule has 0 amide bonds. The quantitative estimate of drug-likeness (QED) is 0.660. The van der Waals surface area contributed by atoms with Crippen LogP contribution in [0.1, 0.15) is 19.4 Å². The van der Waals surface area contributed by atoms with Gasteiger partial charge in [-0.2, -0.15) is 13.2 Å². The summed E-state index contributed by atoms with van der Waals surface area (Å²) >= 11 is 5.79. The lowest BCUT2D eigenvalue weighted by Gasteiger charge is -2.31. The van der Waals surface area contributed by atoms with Gasteiger partial charge in [0, 0.05) is 22.3 Å². The number of nitrogens with two attached hydrogens (primary N) is 1. The molecule has 1 aromatic carbocycles. The van der Waals surface area contributed by atoms with Crippen molar-refractivity contribution in [1.82, 2.24) is 0 Å². The van der Waals surface area contributed by atoms with Crippen LogP contribution in [0.4, 0.5) is 18.9 Å². The Hall–Kier alpha value is -1.43. The van der Waals surface area contributed by atoms with Crippen LogP contribution in [0.25, 0.3) is 0 Å². The molecule has 0 atom stereocenters. The normalized spacial score (nSPS) is 11.7. The smallest absolute Gasteiger partial charge is 0.384 e. The van der Waals surface area contributed by atoms with Gasteiger partial charge in [-0.1, -0.05) is 11.6 Å². The molecule has 0 radical (unpaired) electrons. The van der Waals surface area contributed by atoms with Gasteiger partial charge in [0.2, 0.25) is 0 Å². The number of rotatable bonds is 4. The largest absolute Gasteiger partial charge is 0.405 e. The summed E-state index contributed by atoms with van der Waals surface area (Å²) < 4.78 is 37.8. The molecule has 0 aromatic heterocycles. The van der Waals surface area contributed by atoms with Gasteiger partial charge in [0.25, 0.3) is 0 Å². The second-order valence-corrected chi connectivity index (χ2v) is 4.85. The average molecular weight is 294 g/mol. The summed E-state index contributed by atoms with van der Waals surface area (Å²) in [7, 11) is 0. The minimum absolute atomic E-state index is 0.199. The lowest BCUT2D eigenvalue weighted by molar-refractivity contribution is -0.120. The number of amidine groups is 1. The van der Waals surface area contributed by atoms with Gasteiger partial charge in [-0.15, -0.1) is 0 Å².